The van der Waals surface area contributed by atoms with Gasteiger partial charge in [-0.1, -0.05) is 11.8 Å². The van der Waals surface area contributed by atoms with E-state index >= 15 is 0 Å². The van der Waals surface area contributed by atoms with E-state index < -0.39 is 5.91 Å². The molecule has 0 saturated carbocycles. The van der Waals surface area contributed by atoms with Gasteiger partial charge in [0.15, 0.2) is 11.0 Å². The molecule has 7 nitrogen and oxygen atoms in total. The number of hydrogen-bond acceptors (Lipinski definition) is 6. The molecule has 2 aromatic heterocycles. The van der Waals surface area contributed by atoms with Gasteiger partial charge in [-0.2, -0.15) is 5.10 Å². The molecule has 3 N–H and O–H groups in total. The Bertz CT molecular complexity index is 559. The number of nitrogens with one attached hydrogen (secondary N) is 1. The van der Waals surface area contributed by atoms with E-state index in [1.807, 2.05) is 6.26 Å². The minimum absolute atomic E-state index is 0.338. The van der Waals surface area contributed by atoms with Crippen molar-refractivity contribution >= 4 is 23.5 Å². The summed E-state index contributed by atoms with van der Waals surface area (Å²) in [4.78, 5) is 19.6. The molecular weight excluding hydrogens is 252 g/mol. The number of rotatable bonds is 4. The minimum Gasteiger partial charge on any atom is -0.373 e. The van der Waals surface area contributed by atoms with Gasteiger partial charge < -0.3 is 11.1 Å². The smallest absolute Gasteiger partial charge is 0.251 e. The SMILES string of the molecule is CNc1cc(-n2cc(C(N)=O)cn2)nc(SC)n1. The van der Waals surface area contributed by atoms with Gasteiger partial charge in [0.2, 0.25) is 0 Å². The van der Waals surface area contributed by atoms with Crippen molar-refractivity contribution in [1.82, 2.24) is 19.7 Å². The highest BCUT2D eigenvalue weighted by molar-refractivity contribution is 7.98. The van der Waals surface area contributed by atoms with Gasteiger partial charge in [0.1, 0.15) is 5.82 Å². The van der Waals surface area contributed by atoms with E-state index in [-0.39, 0.29) is 0 Å². The van der Waals surface area contributed by atoms with Crippen LogP contribution in [-0.2, 0) is 0 Å². The highest BCUT2D eigenvalue weighted by Gasteiger charge is 2.09. The van der Waals surface area contributed by atoms with E-state index in [1.165, 1.54) is 28.8 Å². The van der Waals surface area contributed by atoms with Gasteiger partial charge in [-0.15, -0.1) is 0 Å². The lowest BCUT2D eigenvalue weighted by Gasteiger charge is -2.05. The van der Waals surface area contributed by atoms with E-state index in [0.29, 0.717) is 22.4 Å². The summed E-state index contributed by atoms with van der Waals surface area (Å²) in [6, 6.07) is 1.73. The summed E-state index contributed by atoms with van der Waals surface area (Å²) in [5.74, 6) is 0.737. The molecule has 0 aliphatic heterocycles. The average Bonchev–Trinajstić information content (AvgIpc) is 2.87. The van der Waals surface area contributed by atoms with Crippen molar-refractivity contribution in [3.8, 4) is 5.82 Å². The third kappa shape index (κ3) is 2.43. The van der Waals surface area contributed by atoms with Gasteiger partial charge >= 0.3 is 0 Å². The van der Waals surface area contributed by atoms with Crippen molar-refractivity contribution in [2.75, 3.05) is 18.6 Å². The number of primary amides is 1. The molecule has 0 aromatic carbocycles. The quantitative estimate of drug-likeness (QED) is 0.617. The van der Waals surface area contributed by atoms with Crippen LogP contribution in [0.2, 0.25) is 0 Å². The second kappa shape index (κ2) is 5.05. The molecule has 2 heterocycles. The molecule has 0 radical (unpaired) electrons. The van der Waals surface area contributed by atoms with Crippen molar-refractivity contribution in [1.29, 1.82) is 0 Å². The van der Waals surface area contributed by atoms with Crippen LogP contribution in [0.3, 0.4) is 0 Å². The molecule has 8 heteroatoms. The standard InChI is InChI=1S/C10H12N6OS/c1-12-7-3-8(15-10(14-7)18-2)16-5-6(4-13-16)9(11)17/h3-5H,1-2H3,(H2,11,17)(H,12,14,15). The van der Waals surface area contributed by atoms with E-state index in [9.17, 15) is 4.79 Å². The Morgan fingerprint density at radius 1 is 1.50 bits per heavy atom. The van der Waals surface area contributed by atoms with Crippen LogP contribution in [0.25, 0.3) is 5.82 Å². The number of carbonyl (C=O) groups is 1. The molecule has 1 amide bonds. The number of nitrogens with two attached hydrogens (primary N) is 1. The number of carbonyl (C=O) groups excluding carboxylic acids is 1. The van der Waals surface area contributed by atoms with Crippen molar-refractivity contribution < 1.29 is 4.79 Å². The van der Waals surface area contributed by atoms with E-state index in [4.69, 9.17) is 5.73 Å². The second-order valence-electron chi connectivity index (χ2n) is 3.39. The monoisotopic (exact) mass is 264 g/mol. The molecule has 2 rings (SSSR count). The van der Waals surface area contributed by atoms with Crippen LogP contribution in [0, 0.1) is 0 Å². The Hall–Kier alpha value is -2.09. The van der Waals surface area contributed by atoms with Gasteiger partial charge in [-0.3, -0.25) is 4.79 Å². The van der Waals surface area contributed by atoms with Crippen LogP contribution in [0.5, 0.6) is 0 Å². The normalized spacial score (nSPS) is 10.3. The maximum Gasteiger partial charge on any atom is 0.251 e. The molecule has 0 saturated heterocycles. The molecule has 94 valence electrons. The van der Waals surface area contributed by atoms with Crippen LogP contribution in [0.15, 0.2) is 23.6 Å². The summed E-state index contributed by atoms with van der Waals surface area (Å²) in [5.41, 5.74) is 5.51. The maximum atomic E-state index is 11.0. The number of anilines is 1. The van der Waals surface area contributed by atoms with E-state index in [0.717, 1.165) is 0 Å². The molecule has 18 heavy (non-hydrogen) atoms. The fourth-order valence-corrected chi connectivity index (χ4v) is 1.70. The van der Waals surface area contributed by atoms with Crippen LogP contribution in [0.1, 0.15) is 10.4 Å². The topological polar surface area (TPSA) is 98.7 Å². The summed E-state index contributed by atoms with van der Waals surface area (Å²) in [6.45, 7) is 0. The number of thioether (sulfide) groups is 1. The Morgan fingerprint density at radius 3 is 2.83 bits per heavy atom. The minimum atomic E-state index is -0.519. The third-order valence-electron chi connectivity index (χ3n) is 2.23. The first-order chi connectivity index (χ1) is 8.63. The van der Waals surface area contributed by atoms with Gasteiger partial charge in [0, 0.05) is 19.3 Å². The first kappa shape index (κ1) is 12.4. The van der Waals surface area contributed by atoms with Gasteiger partial charge in [0.25, 0.3) is 5.91 Å². The predicted octanol–water partition coefficient (Wildman–Crippen LogP) is 0.525. The zero-order valence-corrected chi connectivity index (χ0v) is 10.7. The van der Waals surface area contributed by atoms with Gasteiger partial charge in [-0.05, 0) is 6.26 Å². The zero-order valence-electron chi connectivity index (χ0n) is 9.91. The zero-order chi connectivity index (χ0) is 13.1. The van der Waals surface area contributed by atoms with Crippen molar-refractivity contribution in [3.05, 3.63) is 24.0 Å². The fraction of sp³-hybridized carbons (Fsp3) is 0.200. The first-order valence-corrected chi connectivity index (χ1v) is 6.32. The Kier molecular flexibility index (Phi) is 3.47. The number of hydrogen-bond donors (Lipinski definition) is 2. The van der Waals surface area contributed by atoms with Crippen molar-refractivity contribution in [2.45, 2.75) is 5.16 Å². The highest BCUT2D eigenvalue weighted by Crippen LogP contribution is 2.16. The number of aromatic nitrogens is 4. The lowest BCUT2D eigenvalue weighted by molar-refractivity contribution is 0.100. The predicted molar refractivity (Wildman–Crippen MR) is 69.0 cm³/mol. The molecular formula is C10H12N6OS. The molecule has 0 unspecified atom stereocenters. The largest absolute Gasteiger partial charge is 0.373 e. The Balaban J connectivity index is 2.45. The van der Waals surface area contributed by atoms with E-state index in [1.54, 1.807) is 13.1 Å². The van der Waals surface area contributed by atoms with Gasteiger partial charge in [-0.25, -0.2) is 14.6 Å². The lowest BCUT2D eigenvalue weighted by Crippen LogP contribution is -2.09. The molecule has 0 spiro atoms. The summed E-state index contributed by atoms with van der Waals surface area (Å²) < 4.78 is 1.49. The summed E-state index contributed by atoms with van der Waals surface area (Å²) in [5, 5.41) is 7.61. The molecule has 0 aliphatic carbocycles. The van der Waals surface area contributed by atoms with Crippen molar-refractivity contribution in [3.63, 3.8) is 0 Å². The molecule has 0 bridgehead atoms. The van der Waals surface area contributed by atoms with Crippen LogP contribution >= 0.6 is 11.8 Å². The highest BCUT2D eigenvalue weighted by atomic mass is 32.2. The Morgan fingerprint density at radius 2 is 2.28 bits per heavy atom. The number of amides is 1. The second-order valence-corrected chi connectivity index (χ2v) is 4.16. The molecule has 0 atom stereocenters. The molecule has 2 aromatic rings. The third-order valence-corrected chi connectivity index (χ3v) is 2.78. The first-order valence-electron chi connectivity index (χ1n) is 5.09. The van der Waals surface area contributed by atoms with Gasteiger partial charge in [0.05, 0.1) is 11.8 Å². The molecule has 0 fully saturated rings. The summed E-state index contributed by atoms with van der Waals surface area (Å²) in [6.07, 6.45) is 4.83. The average molecular weight is 264 g/mol. The lowest BCUT2D eigenvalue weighted by atomic mass is 10.3. The van der Waals surface area contributed by atoms with Crippen LogP contribution in [-0.4, -0.2) is 39.0 Å². The maximum absolute atomic E-state index is 11.0. The van der Waals surface area contributed by atoms with Crippen LogP contribution in [0.4, 0.5) is 5.82 Å². The summed E-state index contributed by atoms with van der Waals surface area (Å²) >= 11 is 1.43. The molecule has 0 aliphatic rings. The summed E-state index contributed by atoms with van der Waals surface area (Å²) in [7, 11) is 1.77. The van der Waals surface area contributed by atoms with Crippen molar-refractivity contribution in [2.24, 2.45) is 5.73 Å². The number of nitrogens with zero attached hydrogens (tertiary/aromatic N) is 4. The van der Waals surface area contributed by atoms with Crippen LogP contribution < -0.4 is 11.1 Å². The fourth-order valence-electron chi connectivity index (χ4n) is 1.32. The Labute approximate surface area is 108 Å². The van der Waals surface area contributed by atoms with E-state index in [2.05, 4.69) is 20.4 Å².